The molecule has 0 saturated carbocycles. The van der Waals surface area contributed by atoms with Gasteiger partial charge in [-0.25, -0.2) is 9.37 Å². The van der Waals surface area contributed by atoms with Crippen molar-refractivity contribution in [3.05, 3.63) is 48.4 Å². The van der Waals surface area contributed by atoms with Crippen molar-refractivity contribution in [2.75, 3.05) is 18.8 Å². The number of nitrogens with zero attached hydrogens (tertiary/aromatic N) is 4. The van der Waals surface area contributed by atoms with Crippen LogP contribution in [0, 0.1) is 5.82 Å². The zero-order chi connectivity index (χ0) is 18.6. The molecule has 138 valence electrons. The van der Waals surface area contributed by atoms with Gasteiger partial charge in [0.1, 0.15) is 10.8 Å². The summed E-state index contributed by atoms with van der Waals surface area (Å²) in [4.78, 5) is 22.9. The molecule has 8 heteroatoms. The standard InChI is InChI=1S/C19H17FN4O2S/c20-14-7-5-13(6-8-14)17-22-18(26-23-17)15-4-3-9-21-19(15)27-12-16(25)24-10-1-2-11-24/h3-9H,1-2,10-12H2. The van der Waals surface area contributed by atoms with Crippen molar-refractivity contribution in [2.45, 2.75) is 17.9 Å². The summed E-state index contributed by atoms with van der Waals surface area (Å²) >= 11 is 1.36. The molecule has 1 aliphatic heterocycles. The smallest absolute Gasteiger partial charge is 0.260 e. The van der Waals surface area contributed by atoms with E-state index in [1.807, 2.05) is 11.0 Å². The predicted molar refractivity (Wildman–Crippen MR) is 99.5 cm³/mol. The van der Waals surface area contributed by atoms with E-state index >= 15 is 0 Å². The topological polar surface area (TPSA) is 72.1 Å². The molecular weight excluding hydrogens is 367 g/mol. The number of aromatic nitrogens is 3. The maximum atomic E-state index is 13.1. The Balaban J connectivity index is 1.52. The molecule has 1 aliphatic rings. The van der Waals surface area contributed by atoms with Crippen LogP contribution in [0.1, 0.15) is 12.8 Å². The van der Waals surface area contributed by atoms with Gasteiger partial charge in [-0.3, -0.25) is 4.79 Å². The van der Waals surface area contributed by atoms with Gasteiger partial charge >= 0.3 is 0 Å². The highest BCUT2D eigenvalue weighted by Crippen LogP contribution is 2.30. The highest BCUT2D eigenvalue weighted by Gasteiger charge is 2.20. The van der Waals surface area contributed by atoms with Crippen molar-refractivity contribution in [2.24, 2.45) is 0 Å². The van der Waals surface area contributed by atoms with Gasteiger partial charge in [0.25, 0.3) is 5.89 Å². The van der Waals surface area contributed by atoms with Gasteiger partial charge in [-0.15, -0.1) is 0 Å². The molecule has 6 nitrogen and oxygen atoms in total. The van der Waals surface area contributed by atoms with E-state index in [4.69, 9.17) is 4.52 Å². The second-order valence-electron chi connectivity index (χ2n) is 6.16. The van der Waals surface area contributed by atoms with E-state index in [2.05, 4.69) is 15.1 Å². The third-order valence-electron chi connectivity index (χ3n) is 4.32. The largest absolute Gasteiger partial charge is 0.342 e. The van der Waals surface area contributed by atoms with Crippen LogP contribution in [-0.4, -0.2) is 44.8 Å². The Morgan fingerprint density at radius 1 is 1.19 bits per heavy atom. The number of carbonyl (C=O) groups is 1. The predicted octanol–water partition coefficient (Wildman–Crippen LogP) is 3.65. The third-order valence-corrected chi connectivity index (χ3v) is 5.31. The van der Waals surface area contributed by atoms with E-state index in [9.17, 15) is 9.18 Å². The summed E-state index contributed by atoms with van der Waals surface area (Å²) in [6, 6.07) is 9.50. The highest BCUT2D eigenvalue weighted by molar-refractivity contribution is 8.00. The summed E-state index contributed by atoms with van der Waals surface area (Å²) < 4.78 is 18.5. The summed E-state index contributed by atoms with van der Waals surface area (Å²) in [5.41, 5.74) is 1.34. The second-order valence-corrected chi connectivity index (χ2v) is 7.13. The third kappa shape index (κ3) is 4.00. The molecular formula is C19H17FN4O2S. The SMILES string of the molecule is O=C(CSc1ncccc1-c1nc(-c2ccc(F)cc2)no1)N1CCCC1. The lowest BCUT2D eigenvalue weighted by Crippen LogP contribution is -2.29. The number of halogens is 1. The molecule has 1 fully saturated rings. The number of rotatable bonds is 5. The molecule has 4 rings (SSSR count). The number of pyridine rings is 1. The van der Waals surface area contributed by atoms with Crippen LogP contribution in [0.15, 0.2) is 52.1 Å². The Labute approximate surface area is 159 Å². The molecule has 3 aromatic rings. The number of benzene rings is 1. The van der Waals surface area contributed by atoms with Gasteiger partial charge < -0.3 is 9.42 Å². The van der Waals surface area contributed by atoms with Crippen LogP contribution in [0.25, 0.3) is 22.8 Å². The summed E-state index contributed by atoms with van der Waals surface area (Å²) in [7, 11) is 0. The lowest BCUT2D eigenvalue weighted by molar-refractivity contribution is -0.127. The first-order valence-corrected chi connectivity index (χ1v) is 9.65. The summed E-state index contributed by atoms with van der Waals surface area (Å²) in [5.74, 6) is 0.808. The fourth-order valence-electron chi connectivity index (χ4n) is 2.91. The van der Waals surface area contributed by atoms with Gasteiger partial charge in [0.2, 0.25) is 11.7 Å². The maximum absolute atomic E-state index is 13.1. The molecule has 0 unspecified atom stereocenters. The molecule has 0 spiro atoms. The minimum Gasteiger partial charge on any atom is -0.342 e. The average Bonchev–Trinajstić information content (AvgIpc) is 3.39. The van der Waals surface area contributed by atoms with Crippen molar-refractivity contribution >= 4 is 17.7 Å². The molecule has 1 amide bonds. The first-order chi connectivity index (χ1) is 13.2. The van der Waals surface area contributed by atoms with Gasteiger partial charge in [0.15, 0.2) is 0 Å². The van der Waals surface area contributed by atoms with E-state index in [1.54, 1.807) is 24.4 Å². The van der Waals surface area contributed by atoms with Crippen LogP contribution in [0.4, 0.5) is 4.39 Å². The second kappa shape index (κ2) is 7.87. The quantitative estimate of drug-likeness (QED) is 0.625. The normalized spacial score (nSPS) is 13.9. The minimum atomic E-state index is -0.323. The average molecular weight is 384 g/mol. The Bertz CT molecular complexity index is 939. The Morgan fingerprint density at radius 2 is 1.96 bits per heavy atom. The highest BCUT2D eigenvalue weighted by atomic mass is 32.2. The lowest BCUT2D eigenvalue weighted by Gasteiger charge is -2.14. The molecule has 3 heterocycles. The number of hydrogen-bond donors (Lipinski definition) is 0. The Hall–Kier alpha value is -2.74. The minimum absolute atomic E-state index is 0.117. The van der Waals surface area contributed by atoms with Crippen LogP contribution in [0.5, 0.6) is 0 Å². The van der Waals surface area contributed by atoms with Crippen LogP contribution >= 0.6 is 11.8 Å². The van der Waals surface area contributed by atoms with Gasteiger partial charge in [-0.05, 0) is 49.2 Å². The van der Waals surface area contributed by atoms with Crippen molar-refractivity contribution in [1.29, 1.82) is 0 Å². The Kier molecular flexibility index (Phi) is 5.15. The molecule has 2 aromatic heterocycles. The molecule has 0 radical (unpaired) electrons. The van der Waals surface area contributed by atoms with Gasteiger partial charge in [-0.1, -0.05) is 16.9 Å². The maximum Gasteiger partial charge on any atom is 0.260 e. The number of carbonyl (C=O) groups excluding carboxylic acids is 1. The zero-order valence-electron chi connectivity index (χ0n) is 14.5. The van der Waals surface area contributed by atoms with E-state index < -0.39 is 0 Å². The number of likely N-dealkylation sites (tertiary alicyclic amines) is 1. The lowest BCUT2D eigenvalue weighted by atomic mass is 10.2. The van der Waals surface area contributed by atoms with Crippen LogP contribution in [0.3, 0.4) is 0 Å². The van der Waals surface area contributed by atoms with Gasteiger partial charge in [0.05, 0.1) is 11.3 Å². The van der Waals surface area contributed by atoms with Crippen LogP contribution in [0.2, 0.25) is 0 Å². The summed E-state index contributed by atoms with van der Waals surface area (Å²) in [6.07, 6.45) is 3.81. The fraction of sp³-hybridized carbons (Fsp3) is 0.263. The number of thioether (sulfide) groups is 1. The van der Waals surface area contributed by atoms with E-state index in [0.29, 0.717) is 33.6 Å². The van der Waals surface area contributed by atoms with E-state index in [0.717, 1.165) is 25.9 Å². The molecule has 0 atom stereocenters. The zero-order valence-corrected chi connectivity index (χ0v) is 15.3. The van der Waals surface area contributed by atoms with E-state index in [-0.39, 0.29) is 11.7 Å². The van der Waals surface area contributed by atoms with Crippen molar-refractivity contribution < 1.29 is 13.7 Å². The van der Waals surface area contributed by atoms with E-state index in [1.165, 1.54) is 23.9 Å². The number of hydrogen-bond acceptors (Lipinski definition) is 6. The summed E-state index contributed by atoms with van der Waals surface area (Å²) in [6.45, 7) is 1.66. The first kappa shape index (κ1) is 17.7. The number of amides is 1. The molecule has 0 N–H and O–H groups in total. The molecule has 1 saturated heterocycles. The van der Waals surface area contributed by atoms with Gasteiger partial charge in [-0.2, -0.15) is 4.98 Å². The van der Waals surface area contributed by atoms with Crippen LogP contribution < -0.4 is 0 Å². The molecule has 1 aromatic carbocycles. The van der Waals surface area contributed by atoms with Crippen molar-refractivity contribution in [3.63, 3.8) is 0 Å². The first-order valence-electron chi connectivity index (χ1n) is 8.66. The van der Waals surface area contributed by atoms with Crippen molar-refractivity contribution in [1.82, 2.24) is 20.0 Å². The molecule has 0 aliphatic carbocycles. The molecule has 27 heavy (non-hydrogen) atoms. The molecule has 0 bridgehead atoms. The summed E-state index contributed by atoms with van der Waals surface area (Å²) in [5, 5.41) is 4.64. The Morgan fingerprint density at radius 3 is 2.74 bits per heavy atom. The van der Waals surface area contributed by atoms with Gasteiger partial charge in [0, 0.05) is 24.8 Å². The van der Waals surface area contributed by atoms with Crippen LogP contribution in [-0.2, 0) is 4.79 Å². The monoisotopic (exact) mass is 384 g/mol. The fourth-order valence-corrected chi connectivity index (χ4v) is 3.79. The van der Waals surface area contributed by atoms with Crippen molar-refractivity contribution in [3.8, 4) is 22.8 Å².